The molecular weight excluding hydrogens is 273 g/mol. The van der Waals surface area contributed by atoms with Gasteiger partial charge in [-0.05, 0) is 31.5 Å². The van der Waals surface area contributed by atoms with Gasteiger partial charge in [0.15, 0.2) is 0 Å². The van der Waals surface area contributed by atoms with Crippen LogP contribution in [0.25, 0.3) is 0 Å². The molecule has 112 valence electrons. The van der Waals surface area contributed by atoms with Crippen LogP contribution in [0.2, 0.25) is 0 Å². The number of anilines is 1. The van der Waals surface area contributed by atoms with E-state index in [4.69, 9.17) is 0 Å². The molecule has 1 fully saturated rings. The van der Waals surface area contributed by atoms with Gasteiger partial charge in [-0.15, -0.1) is 0 Å². The SMILES string of the molecule is C/C(C(=O)N(C)C)=C1/CNC(=O)N1c1ccc(C)cc1F. The highest BCUT2D eigenvalue weighted by atomic mass is 19.1. The summed E-state index contributed by atoms with van der Waals surface area (Å²) < 4.78 is 14.1. The summed E-state index contributed by atoms with van der Waals surface area (Å²) in [6, 6.07) is 4.20. The number of nitrogens with one attached hydrogen (secondary N) is 1. The molecule has 1 aromatic rings. The van der Waals surface area contributed by atoms with E-state index in [1.54, 1.807) is 40.1 Å². The number of urea groups is 1. The molecule has 1 saturated heterocycles. The number of hydrogen-bond donors (Lipinski definition) is 1. The Bertz CT molecular complexity index is 638. The monoisotopic (exact) mass is 291 g/mol. The van der Waals surface area contributed by atoms with E-state index in [0.717, 1.165) is 5.56 Å². The highest BCUT2D eigenvalue weighted by Crippen LogP contribution is 2.28. The van der Waals surface area contributed by atoms with Crippen LogP contribution >= 0.6 is 0 Å². The fourth-order valence-corrected chi connectivity index (χ4v) is 2.25. The number of carbonyl (C=O) groups is 2. The standard InChI is InChI=1S/C15H18FN3O2/c1-9-5-6-12(11(16)7-9)19-13(8-17-15(19)21)10(2)14(20)18(3)4/h5-7H,8H2,1-4H3,(H,17,21)/b13-10+. The highest BCUT2D eigenvalue weighted by Gasteiger charge is 2.32. The number of carbonyl (C=O) groups excluding carboxylic acids is 2. The molecule has 0 aliphatic carbocycles. The Balaban J connectivity index is 2.51. The van der Waals surface area contributed by atoms with Crippen LogP contribution in [0, 0.1) is 12.7 Å². The van der Waals surface area contributed by atoms with Crippen molar-refractivity contribution in [3.05, 3.63) is 40.8 Å². The first kappa shape index (κ1) is 15.0. The van der Waals surface area contributed by atoms with Gasteiger partial charge < -0.3 is 10.2 Å². The van der Waals surface area contributed by atoms with E-state index in [1.165, 1.54) is 15.9 Å². The van der Waals surface area contributed by atoms with Crippen molar-refractivity contribution in [3.8, 4) is 0 Å². The summed E-state index contributed by atoms with van der Waals surface area (Å²) in [5, 5.41) is 2.63. The molecule has 3 amide bonds. The Morgan fingerprint density at radius 2 is 2.05 bits per heavy atom. The van der Waals surface area contributed by atoms with Crippen molar-refractivity contribution in [1.82, 2.24) is 10.2 Å². The van der Waals surface area contributed by atoms with Crippen molar-refractivity contribution in [2.75, 3.05) is 25.5 Å². The number of rotatable bonds is 2. The molecule has 5 nitrogen and oxygen atoms in total. The van der Waals surface area contributed by atoms with Crippen LogP contribution < -0.4 is 10.2 Å². The van der Waals surface area contributed by atoms with Gasteiger partial charge in [0.2, 0.25) is 0 Å². The van der Waals surface area contributed by atoms with E-state index in [-0.39, 0.29) is 18.1 Å². The molecule has 1 N–H and O–H groups in total. The highest BCUT2D eigenvalue weighted by molar-refractivity contribution is 6.03. The minimum atomic E-state index is -0.491. The van der Waals surface area contributed by atoms with Crippen LogP contribution in [0.15, 0.2) is 29.5 Å². The van der Waals surface area contributed by atoms with Crippen molar-refractivity contribution in [1.29, 1.82) is 0 Å². The van der Waals surface area contributed by atoms with E-state index in [1.807, 2.05) is 0 Å². The zero-order valence-electron chi connectivity index (χ0n) is 12.5. The molecule has 0 radical (unpaired) electrons. The lowest BCUT2D eigenvalue weighted by Gasteiger charge is -2.20. The zero-order chi connectivity index (χ0) is 15.7. The third-order valence-electron chi connectivity index (χ3n) is 3.38. The number of aryl methyl sites for hydroxylation is 1. The second kappa shape index (κ2) is 5.55. The normalized spacial score (nSPS) is 16.8. The first-order valence-electron chi connectivity index (χ1n) is 6.58. The predicted molar refractivity (Wildman–Crippen MR) is 78.4 cm³/mol. The van der Waals surface area contributed by atoms with Gasteiger partial charge in [-0.3, -0.25) is 9.69 Å². The topological polar surface area (TPSA) is 52.7 Å². The number of amides is 3. The molecule has 0 aromatic heterocycles. The van der Waals surface area contributed by atoms with Crippen molar-refractivity contribution in [3.63, 3.8) is 0 Å². The molecule has 1 aromatic carbocycles. The largest absolute Gasteiger partial charge is 0.345 e. The molecule has 6 heteroatoms. The van der Waals surface area contributed by atoms with Crippen LogP contribution in [0.1, 0.15) is 12.5 Å². The summed E-state index contributed by atoms with van der Waals surface area (Å²) in [6.45, 7) is 3.61. The first-order valence-corrected chi connectivity index (χ1v) is 6.58. The Morgan fingerprint density at radius 1 is 1.38 bits per heavy atom. The van der Waals surface area contributed by atoms with E-state index < -0.39 is 11.8 Å². The maximum Gasteiger partial charge on any atom is 0.326 e. The summed E-state index contributed by atoms with van der Waals surface area (Å²) in [5.74, 6) is -0.700. The molecule has 2 rings (SSSR count). The Hall–Kier alpha value is -2.37. The van der Waals surface area contributed by atoms with E-state index in [2.05, 4.69) is 5.32 Å². The predicted octanol–water partition coefficient (Wildman–Crippen LogP) is 2.03. The average Bonchev–Trinajstić information content (AvgIpc) is 2.79. The number of nitrogens with zero attached hydrogens (tertiary/aromatic N) is 2. The second-order valence-electron chi connectivity index (χ2n) is 5.22. The van der Waals surface area contributed by atoms with Gasteiger partial charge in [0.1, 0.15) is 5.82 Å². The summed E-state index contributed by atoms with van der Waals surface area (Å²) in [4.78, 5) is 26.7. The van der Waals surface area contributed by atoms with Crippen LogP contribution in [-0.4, -0.2) is 37.5 Å². The molecule has 0 bridgehead atoms. The maximum atomic E-state index is 14.1. The van der Waals surface area contributed by atoms with Crippen LogP contribution in [0.4, 0.5) is 14.9 Å². The minimum absolute atomic E-state index is 0.150. The Labute approximate surface area is 123 Å². The van der Waals surface area contributed by atoms with Crippen LogP contribution in [-0.2, 0) is 4.79 Å². The molecule has 21 heavy (non-hydrogen) atoms. The molecule has 1 heterocycles. The van der Waals surface area contributed by atoms with Crippen molar-refractivity contribution in [2.24, 2.45) is 0 Å². The van der Waals surface area contributed by atoms with Crippen molar-refractivity contribution >= 4 is 17.6 Å². The van der Waals surface area contributed by atoms with Crippen molar-refractivity contribution < 1.29 is 14.0 Å². The van der Waals surface area contributed by atoms with Crippen LogP contribution in [0.3, 0.4) is 0 Å². The third-order valence-corrected chi connectivity index (χ3v) is 3.38. The van der Waals surface area contributed by atoms with Gasteiger partial charge in [-0.2, -0.15) is 0 Å². The lowest BCUT2D eigenvalue weighted by atomic mass is 10.1. The fourth-order valence-electron chi connectivity index (χ4n) is 2.25. The minimum Gasteiger partial charge on any atom is -0.345 e. The van der Waals surface area contributed by atoms with Gasteiger partial charge in [0, 0.05) is 19.7 Å². The second-order valence-corrected chi connectivity index (χ2v) is 5.22. The lowest BCUT2D eigenvalue weighted by molar-refractivity contribution is -0.124. The van der Waals surface area contributed by atoms with E-state index in [9.17, 15) is 14.0 Å². The van der Waals surface area contributed by atoms with E-state index in [0.29, 0.717) is 11.3 Å². The van der Waals surface area contributed by atoms with Crippen LogP contribution in [0.5, 0.6) is 0 Å². The summed E-state index contributed by atoms with van der Waals surface area (Å²) in [6.07, 6.45) is 0. The molecule has 0 spiro atoms. The smallest absolute Gasteiger partial charge is 0.326 e. The van der Waals surface area contributed by atoms with Gasteiger partial charge in [-0.25, -0.2) is 9.18 Å². The Kier molecular flexibility index (Phi) is 3.97. The summed E-state index contributed by atoms with van der Waals surface area (Å²) in [7, 11) is 3.26. The zero-order valence-corrected chi connectivity index (χ0v) is 12.5. The van der Waals surface area contributed by atoms with Crippen molar-refractivity contribution in [2.45, 2.75) is 13.8 Å². The molecule has 0 saturated carbocycles. The average molecular weight is 291 g/mol. The summed E-state index contributed by atoms with van der Waals surface area (Å²) >= 11 is 0. The first-order chi connectivity index (χ1) is 9.82. The summed E-state index contributed by atoms with van der Waals surface area (Å²) in [5.41, 5.74) is 1.80. The molecule has 1 aliphatic heterocycles. The number of likely N-dealkylation sites (N-methyl/N-ethyl adjacent to an activating group) is 1. The molecule has 1 aliphatic rings. The maximum absolute atomic E-state index is 14.1. The van der Waals surface area contributed by atoms with Gasteiger partial charge in [-0.1, -0.05) is 6.07 Å². The third kappa shape index (κ3) is 2.74. The van der Waals surface area contributed by atoms with Gasteiger partial charge >= 0.3 is 6.03 Å². The van der Waals surface area contributed by atoms with Gasteiger partial charge in [0.05, 0.1) is 17.9 Å². The van der Waals surface area contributed by atoms with Gasteiger partial charge in [0.25, 0.3) is 5.91 Å². The molecular formula is C15H18FN3O2. The fraction of sp³-hybridized carbons (Fsp3) is 0.333. The quantitative estimate of drug-likeness (QED) is 0.848. The Morgan fingerprint density at radius 3 is 2.62 bits per heavy atom. The number of halogens is 1. The molecule has 0 unspecified atom stereocenters. The number of hydrogen-bond acceptors (Lipinski definition) is 2. The van der Waals surface area contributed by atoms with E-state index >= 15 is 0 Å². The molecule has 0 atom stereocenters. The lowest BCUT2D eigenvalue weighted by Crippen LogP contribution is -2.30. The number of benzene rings is 1.